The first kappa shape index (κ1) is 58.3. The molecule has 0 fully saturated rings. The SMILES string of the molecule is CC/C=C\C/C=C\C/C=C\C/C=C\C/C=C\CCCCCCCCCCCCCCCCCCCC(=O)NC(CO)C(O)/C=C/CC/C=C/CC/C=C/CCCCCCCC. The Balaban J connectivity index is 3.54. The number of nitrogens with one attached hydrogen (secondary N) is 1. The Hall–Kier alpha value is -2.69. The number of aliphatic hydroxyl groups excluding tert-OH is 2. The molecule has 0 aromatic heterocycles. The van der Waals surface area contributed by atoms with Gasteiger partial charge in [0.2, 0.25) is 5.91 Å². The predicted molar refractivity (Wildman–Crippen MR) is 271 cm³/mol. The maximum Gasteiger partial charge on any atom is 0.220 e. The molecule has 4 nitrogen and oxygen atoms in total. The zero-order valence-electron chi connectivity index (χ0n) is 40.2. The molecule has 0 rings (SSSR count). The average molecular weight is 846 g/mol. The van der Waals surface area contributed by atoms with E-state index < -0.39 is 12.1 Å². The minimum Gasteiger partial charge on any atom is -0.394 e. The number of allylic oxidation sites excluding steroid dienone is 15. The molecule has 0 saturated carbocycles. The summed E-state index contributed by atoms with van der Waals surface area (Å²) in [6.07, 6.45) is 76.9. The second-order valence-electron chi connectivity index (χ2n) is 17.2. The summed E-state index contributed by atoms with van der Waals surface area (Å²) >= 11 is 0. The van der Waals surface area contributed by atoms with Crippen molar-refractivity contribution in [2.75, 3.05) is 6.61 Å². The first-order valence-electron chi connectivity index (χ1n) is 26.0. The zero-order chi connectivity index (χ0) is 44.2. The van der Waals surface area contributed by atoms with E-state index in [1.54, 1.807) is 6.08 Å². The molecule has 2 atom stereocenters. The van der Waals surface area contributed by atoms with Gasteiger partial charge in [-0.1, -0.05) is 239 Å². The molecule has 0 bridgehead atoms. The van der Waals surface area contributed by atoms with Gasteiger partial charge in [0.25, 0.3) is 0 Å². The summed E-state index contributed by atoms with van der Waals surface area (Å²) < 4.78 is 0. The normalized spacial score (nSPS) is 13.7. The fraction of sp³-hybridized carbons (Fsp3) is 0.702. The maximum atomic E-state index is 12.4. The van der Waals surface area contributed by atoms with E-state index >= 15 is 0 Å². The van der Waals surface area contributed by atoms with Crippen LogP contribution in [0.4, 0.5) is 0 Å². The van der Waals surface area contributed by atoms with Gasteiger partial charge in [0, 0.05) is 6.42 Å². The minimum atomic E-state index is -0.873. The molecule has 0 aromatic carbocycles. The Morgan fingerprint density at radius 2 is 0.738 bits per heavy atom. The van der Waals surface area contributed by atoms with Crippen molar-refractivity contribution in [1.82, 2.24) is 5.32 Å². The lowest BCUT2D eigenvalue weighted by atomic mass is 10.0. The van der Waals surface area contributed by atoms with Gasteiger partial charge in [-0.15, -0.1) is 0 Å². The number of amides is 1. The molecule has 0 spiro atoms. The summed E-state index contributed by atoms with van der Waals surface area (Å²) in [6, 6.07) is -0.649. The minimum absolute atomic E-state index is 0.0801. The van der Waals surface area contributed by atoms with Crippen LogP contribution < -0.4 is 5.32 Å². The summed E-state index contributed by atoms with van der Waals surface area (Å²) in [6.45, 7) is 4.17. The van der Waals surface area contributed by atoms with Crippen molar-refractivity contribution in [3.63, 3.8) is 0 Å². The van der Waals surface area contributed by atoms with Gasteiger partial charge in [0.1, 0.15) is 0 Å². The van der Waals surface area contributed by atoms with Crippen LogP contribution in [0.2, 0.25) is 0 Å². The molecule has 350 valence electrons. The molecule has 1 amide bonds. The molecule has 0 heterocycles. The van der Waals surface area contributed by atoms with Gasteiger partial charge < -0.3 is 15.5 Å². The summed E-state index contributed by atoms with van der Waals surface area (Å²) in [5.41, 5.74) is 0. The van der Waals surface area contributed by atoms with Gasteiger partial charge in [-0.25, -0.2) is 0 Å². The third-order valence-corrected chi connectivity index (χ3v) is 11.3. The molecule has 0 saturated heterocycles. The van der Waals surface area contributed by atoms with Crippen molar-refractivity contribution in [3.05, 3.63) is 97.2 Å². The van der Waals surface area contributed by atoms with E-state index in [-0.39, 0.29) is 12.5 Å². The first-order chi connectivity index (χ1) is 30.2. The fourth-order valence-electron chi connectivity index (χ4n) is 7.35. The summed E-state index contributed by atoms with van der Waals surface area (Å²) in [5.74, 6) is -0.0801. The highest BCUT2D eigenvalue weighted by atomic mass is 16.3. The Bertz CT molecular complexity index is 1140. The Morgan fingerprint density at radius 3 is 1.15 bits per heavy atom. The number of rotatable bonds is 46. The van der Waals surface area contributed by atoms with Crippen molar-refractivity contribution < 1.29 is 15.0 Å². The van der Waals surface area contributed by atoms with E-state index in [4.69, 9.17) is 0 Å². The van der Waals surface area contributed by atoms with Crippen LogP contribution in [0.1, 0.15) is 239 Å². The highest BCUT2D eigenvalue weighted by molar-refractivity contribution is 5.76. The van der Waals surface area contributed by atoms with Crippen LogP contribution in [0, 0.1) is 0 Å². The molecule has 0 aliphatic heterocycles. The summed E-state index contributed by atoms with van der Waals surface area (Å²) in [4.78, 5) is 12.4. The number of aliphatic hydroxyl groups is 2. The fourth-order valence-corrected chi connectivity index (χ4v) is 7.35. The van der Waals surface area contributed by atoms with Crippen LogP contribution in [0.15, 0.2) is 97.2 Å². The molecule has 0 radical (unpaired) electrons. The van der Waals surface area contributed by atoms with E-state index in [2.05, 4.69) is 104 Å². The number of unbranched alkanes of at least 4 members (excludes halogenated alkanes) is 25. The van der Waals surface area contributed by atoms with Crippen LogP contribution >= 0.6 is 0 Å². The molecule has 4 heteroatoms. The third kappa shape index (κ3) is 48.2. The lowest BCUT2D eigenvalue weighted by Crippen LogP contribution is -2.45. The van der Waals surface area contributed by atoms with E-state index in [0.29, 0.717) is 6.42 Å². The molecule has 0 aliphatic carbocycles. The standard InChI is InChI=1S/C57H99NO3/c1-3-5-7-9-11-13-15-17-19-21-22-23-24-25-26-27-28-29-30-31-32-33-34-35-36-37-39-41-43-45-47-49-51-53-57(61)58-55(54-59)56(60)52-50-48-46-44-42-40-38-20-18-16-14-12-10-8-6-4-2/h5,7,11,13,17-20,22-23,25-26,42,44,50,52,55-56,59-60H,3-4,6,8-10,12,14-16,21,24,27-41,43,45-49,51,53-54H2,1-2H3,(H,58,61)/b7-5-,13-11-,19-17-,20-18+,23-22-,26-25-,44-42+,52-50+. The average Bonchev–Trinajstić information content (AvgIpc) is 3.26. The second-order valence-corrected chi connectivity index (χ2v) is 17.2. The number of hydrogen-bond donors (Lipinski definition) is 3. The van der Waals surface area contributed by atoms with Crippen LogP contribution in [0.3, 0.4) is 0 Å². The largest absolute Gasteiger partial charge is 0.394 e. The molecule has 0 aromatic rings. The van der Waals surface area contributed by atoms with E-state index in [1.165, 1.54) is 148 Å². The summed E-state index contributed by atoms with van der Waals surface area (Å²) in [7, 11) is 0. The van der Waals surface area contributed by atoms with Crippen molar-refractivity contribution in [2.24, 2.45) is 0 Å². The number of carbonyl (C=O) groups is 1. The van der Waals surface area contributed by atoms with Crippen LogP contribution in [-0.4, -0.2) is 34.9 Å². The van der Waals surface area contributed by atoms with Crippen molar-refractivity contribution >= 4 is 5.91 Å². The van der Waals surface area contributed by atoms with Crippen LogP contribution in [-0.2, 0) is 4.79 Å². The number of carbonyl (C=O) groups excluding carboxylic acids is 1. The molecule has 0 aliphatic rings. The first-order valence-corrected chi connectivity index (χ1v) is 26.0. The Labute approximate surface area is 379 Å². The predicted octanol–water partition coefficient (Wildman–Crippen LogP) is 17.0. The second kappa shape index (κ2) is 51.7. The summed E-state index contributed by atoms with van der Waals surface area (Å²) in [5, 5.41) is 23.0. The Kier molecular flexibility index (Phi) is 49.4. The highest BCUT2D eigenvalue weighted by Gasteiger charge is 2.17. The van der Waals surface area contributed by atoms with Gasteiger partial charge in [0.15, 0.2) is 0 Å². The van der Waals surface area contributed by atoms with Gasteiger partial charge >= 0.3 is 0 Å². The van der Waals surface area contributed by atoms with Crippen molar-refractivity contribution in [2.45, 2.75) is 251 Å². The van der Waals surface area contributed by atoms with Crippen LogP contribution in [0.5, 0.6) is 0 Å². The molecule has 61 heavy (non-hydrogen) atoms. The Morgan fingerprint density at radius 1 is 0.410 bits per heavy atom. The van der Waals surface area contributed by atoms with Crippen LogP contribution in [0.25, 0.3) is 0 Å². The van der Waals surface area contributed by atoms with Gasteiger partial charge in [-0.05, 0) is 89.9 Å². The molecular formula is C57H99NO3. The highest BCUT2D eigenvalue weighted by Crippen LogP contribution is 2.15. The van der Waals surface area contributed by atoms with E-state index in [0.717, 1.165) is 70.6 Å². The maximum absolute atomic E-state index is 12.4. The van der Waals surface area contributed by atoms with Gasteiger partial charge in [0.05, 0.1) is 18.8 Å². The van der Waals surface area contributed by atoms with Crippen molar-refractivity contribution in [3.8, 4) is 0 Å². The van der Waals surface area contributed by atoms with Gasteiger partial charge in [-0.3, -0.25) is 4.79 Å². The molecule has 2 unspecified atom stereocenters. The van der Waals surface area contributed by atoms with Gasteiger partial charge in [-0.2, -0.15) is 0 Å². The third-order valence-electron chi connectivity index (χ3n) is 11.3. The topological polar surface area (TPSA) is 69.6 Å². The van der Waals surface area contributed by atoms with Crippen molar-refractivity contribution in [1.29, 1.82) is 0 Å². The van der Waals surface area contributed by atoms with E-state index in [9.17, 15) is 15.0 Å². The number of hydrogen-bond acceptors (Lipinski definition) is 3. The monoisotopic (exact) mass is 846 g/mol. The molecule has 3 N–H and O–H groups in total. The quantitative estimate of drug-likeness (QED) is 0.0422. The lowest BCUT2D eigenvalue weighted by molar-refractivity contribution is -0.123. The zero-order valence-corrected chi connectivity index (χ0v) is 40.2. The lowest BCUT2D eigenvalue weighted by Gasteiger charge is -2.19. The van der Waals surface area contributed by atoms with E-state index in [1.807, 2.05) is 6.08 Å². The molecular weight excluding hydrogens is 747 g/mol. The smallest absolute Gasteiger partial charge is 0.220 e.